The Labute approximate surface area is 126 Å². The Morgan fingerprint density at radius 2 is 2.15 bits per heavy atom. The second-order valence-corrected chi connectivity index (χ2v) is 5.19. The van der Waals surface area contributed by atoms with E-state index in [4.69, 9.17) is 0 Å². The van der Waals surface area contributed by atoms with Crippen molar-refractivity contribution >= 4 is 27.7 Å². The van der Waals surface area contributed by atoms with Gasteiger partial charge < -0.3 is 10.6 Å². The SMILES string of the molecule is CCNc1ccc(C(=O)NCc2cccc(Br)c2)cn1. The minimum atomic E-state index is -0.125. The van der Waals surface area contributed by atoms with E-state index in [0.29, 0.717) is 12.1 Å². The van der Waals surface area contributed by atoms with Crippen LogP contribution in [0, 0.1) is 0 Å². The number of rotatable bonds is 5. The highest BCUT2D eigenvalue weighted by molar-refractivity contribution is 9.10. The van der Waals surface area contributed by atoms with Crippen LogP contribution < -0.4 is 10.6 Å². The predicted molar refractivity (Wildman–Crippen MR) is 83.7 cm³/mol. The molecule has 0 saturated heterocycles. The molecule has 0 aliphatic rings. The zero-order valence-electron chi connectivity index (χ0n) is 11.2. The van der Waals surface area contributed by atoms with Gasteiger partial charge in [-0.3, -0.25) is 4.79 Å². The van der Waals surface area contributed by atoms with Gasteiger partial charge in [0.1, 0.15) is 5.82 Å². The van der Waals surface area contributed by atoms with Crippen LogP contribution in [-0.4, -0.2) is 17.4 Å². The van der Waals surface area contributed by atoms with Crippen LogP contribution in [0.5, 0.6) is 0 Å². The molecule has 0 radical (unpaired) electrons. The first-order valence-electron chi connectivity index (χ1n) is 6.41. The minimum Gasteiger partial charge on any atom is -0.370 e. The Bertz CT molecular complexity index is 584. The highest BCUT2D eigenvalue weighted by Crippen LogP contribution is 2.11. The molecule has 20 heavy (non-hydrogen) atoms. The summed E-state index contributed by atoms with van der Waals surface area (Å²) in [7, 11) is 0. The van der Waals surface area contributed by atoms with Crippen molar-refractivity contribution in [3.8, 4) is 0 Å². The van der Waals surface area contributed by atoms with E-state index in [1.165, 1.54) is 0 Å². The Balaban J connectivity index is 1.94. The van der Waals surface area contributed by atoms with E-state index in [-0.39, 0.29) is 5.91 Å². The topological polar surface area (TPSA) is 54.0 Å². The summed E-state index contributed by atoms with van der Waals surface area (Å²) in [5.41, 5.74) is 1.60. The molecule has 1 aromatic heterocycles. The lowest BCUT2D eigenvalue weighted by Gasteiger charge is -2.07. The van der Waals surface area contributed by atoms with Crippen molar-refractivity contribution in [2.45, 2.75) is 13.5 Å². The molecule has 1 amide bonds. The van der Waals surface area contributed by atoms with E-state index in [1.807, 2.05) is 31.2 Å². The van der Waals surface area contributed by atoms with Gasteiger partial charge in [0.05, 0.1) is 5.56 Å². The fourth-order valence-electron chi connectivity index (χ4n) is 1.75. The lowest BCUT2D eigenvalue weighted by Crippen LogP contribution is -2.22. The van der Waals surface area contributed by atoms with E-state index in [2.05, 4.69) is 31.5 Å². The van der Waals surface area contributed by atoms with Crippen molar-refractivity contribution < 1.29 is 4.79 Å². The molecule has 0 unspecified atom stereocenters. The predicted octanol–water partition coefficient (Wildman–Crippen LogP) is 3.21. The molecule has 0 aliphatic carbocycles. The van der Waals surface area contributed by atoms with Gasteiger partial charge in [0, 0.05) is 23.8 Å². The van der Waals surface area contributed by atoms with Crippen LogP contribution in [0.3, 0.4) is 0 Å². The minimum absolute atomic E-state index is 0.125. The fourth-order valence-corrected chi connectivity index (χ4v) is 2.19. The maximum absolute atomic E-state index is 12.0. The highest BCUT2D eigenvalue weighted by Gasteiger charge is 2.05. The third-order valence-electron chi connectivity index (χ3n) is 2.73. The number of carbonyl (C=O) groups is 1. The van der Waals surface area contributed by atoms with Gasteiger partial charge in [0.15, 0.2) is 0 Å². The Morgan fingerprint density at radius 1 is 1.30 bits per heavy atom. The largest absolute Gasteiger partial charge is 0.370 e. The summed E-state index contributed by atoms with van der Waals surface area (Å²) in [5, 5.41) is 5.96. The molecule has 0 bridgehead atoms. The number of anilines is 1. The molecule has 104 valence electrons. The van der Waals surface area contributed by atoms with E-state index in [0.717, 1.165) is 22.4 Å². The molecular formula is C15H16BrN3O. The van der Waals surface area contributed by atoms with Gasteiger partial charge in [0.2, 0.25) is 0 Å². The average molecular weight is 334 g/mol. The quantitative estimate of drug-likeness (QED) is 0.883. The molecule has 0 aliphatic heterocycles. The second kappa shape index (κ2) is 7.05. The maximum atomic E-state index is 12.0. The fraction of sp³-hybridized carbons (Fsp3) is 0.200. The first-order chi connectivity index (χ1) is 9.69. The molecule has 0 saturated carbocycles. The Morgan fingerprint density at radius 3 is 2.80 bits per heavy atom. The standard InChI is InChI=1S/C15H16BrN3O/c1-2-17-14-7-6-12(10-18-14)15(20)19-9-11-4-3-5-13(16)8-11/h3-8,10H,2,9H2,1H3,(H,17,18)(H,19,20). The number of amides is 1. The smallest absolute Gasteiger partial charge is 0.253 e. The van der Waals surface area contributed by atoms with Crippen LogP contribution in [0.15, 0.2) is 47.1 Å². The highest BCUT2D eigenvalue weighted by atomic mass is 79.9. The van der Waals surface area contributed by atoms with Crippen molar-refractivity contribution in [3.63, 3.8) is 0 Å². The van der Waals surface area contributed by atoms with Crippen LogP contribution in [0.25, 0.3) is 0 Å². The van der Waals surface area contributed by atoms with Crippen molar-refractivity contribution in [2.75, 3.05) is 11.9 Å². The second-order valence-electron chi connectivity index (χ2n) is 4.28. The van der Waals surface area contributed by atoms with Crippen LogP contribution >= 0.6 is 15.9 Å². The number of carbonyl (C=O) groups excluding carboxylic acids is 1. The van der Waals surface area contributed by atoms with Gasteiger partial charge in [-0.1, -0.05) is 28.1 Å². The van der Waals surface area contributed by atoms with E-state index < -0.39 is 0 Å². The first-order valence-corrected chi connectivity index (χ1v) is 7.21. The lowest BCUT2D eigenvalue weighted by molar-refractivity contribution is 0.0950. The van der Waals surface area contributed by atoms with Crippen molar-refractivity contribution in [1.29, 1.82) is 0 Å². The number of hydrogen-bond acceptors (Lipinski definition) is 3. The van der Waals surface area contributed by atoms with Crippen molar-refractivity contribution in [2.24, 2.45) is 0 Å². The number of hydrogen-bond donors (Lipinski definition) is 2. The van der Waals surface area contributed by atoms with Gasteiger partial charge in [0.25, 0.3) is 5.91 Å². The first kappa shape index (κ1) is 14.5. The van der Waals surface area contributed by atoms with E-state index in [9.17, 15) is 4.79 Å². The van der Waals surface area contributed by atoms with Gasteiger partial charge in [-0.25, -0.2) is 4.98 Å². The van der Waals surface area contributed by atoms with Crippen molar-refractivity contribution in [3.05, 3.63) is 58.2 Å². The summed E-state index contributed by atoms with van der Waals surface area (Å²) < 4.78 is 1.00. The molecule has 4 nitrogen and oxygen atoms in total. The third kappa shape index (κ3) is 4.06. The molecule has 2 N–H and O–H groups in total. The lowest BCUT2D eigenvalue weighted by atomic mass is 10.2. The average Bonchev–Trinajstić information content (AvgIpc) is 2.46. The van der Waals surface area contributed by atoms with Crippen LogP contribution in [-0.2, 0) is 6.54 Å². The molecular weight excluding hydrogens is 318 g/mol. The molecule has 1 aromatic carbocycles. The number of aromatic nitrogens is 1. The molecule has 5 heteroatoms. The zero-order chi connectivity index (χ0) is 14.4. The number of halogens is 1. The van der Waals surface area contributed by atoms with Gasteiger partial charge in [-0.2, -0.15) is 0 Å². The summed E-state index contributed by atoms with van der Waals surface area (Å²) in [6.07, 6.45) is 1.58. The molecule has 1 heterocycles. The molecule has 0 fully saturated rings. The zero-order valence-corrected chi connectivity index (χ0v) is 12.8. The Kier molecular flexibility index (Phi) is 5.12. The summed E-state index contributed by atoms with van der Waals surface area (Å²) in [6, 6.07) is 11.4. The number of pyridine rings is 1. The monoisotopic (exact) mass is 333 g/mol. The van der Waals surface area contributed by atoms with Crippen LogP contribution in [0.4, 0.5) is 5.82 Å². The van der Waals surface area contributed by atoms with Crippen LogP contribution in [0.2, 0.25) is 0 Å². The maximum Gasteiger partial charge on any atom is 0.253 e. The molecule has 2 rings (SSSR count). The number of nitrogens with zero attached hydrogens (tertiary/aromatic N) is 1. The normalized spacial score (nSPS) is 10.1. The molecule has 0 spiro atoms. The van der Waals surface area contributed by atoms with Gasteiger partial charge in [-0.05, 0) is 36.8 Å². The van der Waals surface area contributed by atoms with Crippen molar-refractivity contribution in [1.82, 2.24) is 10.3 Å². The molecule has 2 aromatic rings. The Hall–Kier alpha value is -1.88. The third-order valence-corrected chi connectivity index (χ3v) is 3.22. The summed E-state index contributed by atoms with van der Waals surface area (Å²) in [6.45, 7) is 3.30. The summed E-state index contributed by atoms with van der Waals surface area (Å²) in [5.74, 6) is 0.650. The number of nitrogens with one attached hydrogen (secondary N) is 2. The van der Waals surface area contributed by atoms with Gasteiger partial charge in [-0.15, -0.1) is 0 Å². The van der Waals surface area contributed by atoms with Crippen LogP contribution in [0.1, 0.15) is 22.8 Å². The summed E-state index contributed by atoms with van der Waals surface area (Å²) in [4.78, 5) is 16.2. The van der Waals surface area contributed by atoms with Gasteiger partial charge >= 0.3 is 0 Å². The van der Waals surface area contributed by atoms with E-state index >= 15 is 0 Å². The molecule has 0 atom stereocenters. The summed E-state index contributed by atoms with van der Waals surface area (Å²) >= 11 is 3.41. The van der Waals surface area contributed by atoms with E-state index in [1.54, 1.807) is 18.3 Å². The number of benzene rings is 1.